The Labute approximate surface area is 248 Å². The molecule has 0 spiro atoms. The minimum absolute atomic E-state index is 0.772. The first-order valence-corrected chi connectivity index (χ1v) is 32.0. The molecule has 0 aromatic carbocycles. The topological polar surface area (TPSA) is 71.1 Å². The molecular formula is C24H64N2O7Si6. The predicted molar refractivity (Wildman–Crippen MR) is 177 cm³/mol. The molecule has 0 bridgehead atoms. The van der Waals surface area contributed by atoms with E-state index in [1.54, 1.807) is 0 Å². The fourth-order valence-corrected chi connectivity index (χ4v) is 27.8. The summed E-state index contributed by atoms with van der Waals surface area (Å²) in [5, 5.41) is 3.86. The van der Waals surface area contributed by atoms with Gasteiger partial charge in [-0.1, -0.05) is 34.1 Å². The van der Waals surface area contributed by atoms with Crippen LogP contribution in [-0.2, 0) is 29.9 Å². The molecule has 1 saturated heterocycles. The summed E-state index contributed by atoms with van der Waals surface area (Å²) in [6, 6.07) is 1.21. The molecule has 0 amide bonds. The molecular weight excluding hydrogens is 597 g/mol. The molecule has 2 unspecified atom stereocenters. The van der Waals surface area contributed by atoms with Crippen molar-refractivity contribution in [3.63, 3.8) is 0 Å². The van der Waals surface area contributed by atoms with Crippen LogP contribution in [0.3, 0.4) is 0 Å². The van der Waals surface area contributed by atoms with Crippen LogP contribution in [0.5, 0.6) is 0 Å². The third-order valence-electron chi connectivity index (χ3n) is 5.47. The largest absolute Gasteiger partial charge is 0.504 e. The van der Waals surface area contributed by atoms with Crippen LogP contribution in [-0.4, -0.2) is 94.0 Å². The van der Waals surface area contributed by atoms with Crippen LogP contribution in [0.25, 0.3) is 0 Å². The van der Waals surface area contributed by atoms with Gasteiger partial charge in [-0.25, -0.2) is 0 Å². The Bertz CT molecular complexity index is 689. The zero-order valence-electron chi connectivity index (χ0n) is 28.4. The highest BCUT2D eigenvalue weighted by atomic mass is 28.5. The fraction of sp³-hybridized carbons (Fsp3) is 1.00. The Morgan fingerprint density at radius 2 is 1.15 bits per heavy atom. The molecule has 0 aromatic heterocycles. The number of hydrogen-bond acceptors (Lipinski definition) is 9. The highest BCUT2D eigenvalue weighted by Crippen LogP contribution is 2.27. The van der Waals surface area contributed by atoms with Gasteiger partial charge in [0.2, 0.25) is 0 Å². The summed E-state index contributed by atoms with van der Waals surface area (Å²) in [6.45, 7) is 38.3. The Morgan fingerprint density at radius 1 is 0.667 bits per heavy atom. The molecule has 236 valence electrons. The highest BCUT2D eigenvalue weighted by Gasteiger charge is 2.48. The predicted octanol–water partition coefficient (Wildman–Crippen LogP) is 7.11. The van der Waals surface area contributed by atoms with Gasteiger partial charge in [-0.2, -0.15) is 10.1 Å². The SMILES string of the molecule is CCN(CC)O[Si](C)(O[Si](C)(C)C)O[Si](C)(C)O[Si](C)(C)C.CCN(CC)O[Si]1(C)OCCCC[Si](C)(C)O1. The van der Waals surface area contributed by atoms with Crippen LogP contribution >= 0.6 is 0 Å². The van der Waals surface area contributed by atoms with Gasteiger partial charge in [-0.05, 0) is 77.9 Å². The molecule has 1 heterocycles. The number of hydroxylamine groups is 4. The monoisotopic (exact) mass is 660 g/mol. The molecule has 1 fully saturated rings. The summed E-state index contributed by atoms with van der Waals surface area (Å²) in [5.41, 5.74) is 0. The zero-order chi connectivity index (χ0) is 30.8. The molecule has 0 aromatic rings. The van der Waals surface area contributed by atoms with E-state index in [9.17, 15) is 0 Å². The van der Waals surface area contributed by atoms with E-state index >= 15 is 0 Å². The Morgan fingerprint density at radius 3 is 1.59 bits per heavy atom. The minimum Gasteiger partial charge on any atom is -0.437 e. The average molecular weight is 661 g/mol. The lowest BCUT2D eigenvalue weighted by Gasteiger charge is -2.41. The highest BCUT2D eigenvalue weighted by molar-refractivity contribution is 6.87. The maximum absolute atomic E-state index is 6.45. The van der Waals surface area contributed by atoms with Crippen molar-refractivity contribution in [1.82, 2.24) is 10.1 Å². The second-order valence-electron chi connectivity index (χ2n) is 13.2. The lowest BCUT2D eigenvalue weighted by Crippen LogP contribution is -2.60. The first-order chi connectivity index (χ1) is 17.5. The van der Waals surface area contributed by atoms with E-state index in [-0.39, 0.29) is 0 Å². The molecule has 0 saturated carbocycles. The lowest BCUT2D eigenvalue weighted by atomic mass is 10.4. The summed E-state index contributed by atoms with van der Waals surface area (Å²) in [7, 11) is -12.6. The first kappa shape index (κ1) is 39.9. The average Bonchev–Trinajstić information content (AvgIpc) is 2.71. The molecule has 0 aliphatic carbocycles. The van der Waals surface area contributed by atoms with Gasteiger partial charge in [-0.3, -0.25) is 9.05 Å². The molecule has 1 aliphatic heterocycles. The van der Waals surface area contributed by atoms with Crippen molar-refractivity contribution in [2.45, 2.75) is 125 Å². The van der Waals surface area contributed by atoms with Crippen LogP contribution < -0.4 is 0 Å². The molecule has 2 atom stereocenters. The van der Waals surface area contributed by atoms with Gasteiger partial charge in [0.1, 0.15) is 0 Å². The van der Waals surface area contributed by atoms with Crippen LogP contribution in [0.1, 0.15) is 40.5 Å². The summed E-state index contributed by atoms with van der Waals surface area (Å²) in [6.07, 6.45) is 2.35. The van der Waals surface area contributed by atoms with Crippen molar-refractivity contribution in [1.29, 1.82) is 0 Å². The normalized spacial score (nSPS) is 22.6. The number of hydrogen-bond donors (Lipinski definition) is 0. The molecule has 15 heteroatoms. The van der Waals surface area contributed by atoms with Crippen LogP contribution in [0, 0.1) is 0 Å². The third kappa shape index (κ3) is 19.0. The lowest BCUT2D eigenvalue weighted by molar-refractivity contribution is -0.106. The zero-order valence-corrected chi connectivity index (χ0v) is 34.4. The van der Waals surface area contributed by atoms with Crippen molar-refractivity contribution in [3.8, 4) is 0 Å². The Hall–Kier alpha value is 0.941. The maximum Gasteiger partial charge on any atom is 0.504 e. The van der Waals surface area contributed by atoms with E-state index in [0.717, 1.165) is 39.2 Å². The Kier molecular flexibility index (Phi) is 17.1. The molecule has 1 aliphatic rings. The van der Waals surface area contributed by atoms with E-state index in [1.807, 2.05) is 23.2 Å². The molecule has 0 N–H and O–H groups in total. The van der Waals surface area contributed by atoms with Crippen LogP contribution in [0.4, 0.5) is 0 Å². The number of rotatable bonds is 14. The molecule has 9 nitrogen and oxygen atoms in total. The van der Waals surface area contributed by atoms with Crippen LogP contribution in [0.2, 0.25) is 84.6 Å². The van der Waals surface area contributed by atoms with Gasteiger partial charge in [0.25, 0.3) is 0 Å². The van der Waals surface area contributed by atoms with Gasteiger partial charge in [0.05, 0.1) is 0 Å². The van der Waals surface area contributed by atoms with Crippen molar-refractivity contribution in [2.75, 3.05) is 32.8 Å². The third-order valence-corrected chi connectivity index (χ3v) is 24.4. The minimum atomic E-state index is -2.78. The van der Waals surface area contributed by atoms with Crippen molar-refractivity contribution in [2.24, 2.45) is 0 Å². The van der Waals surface area contributed by atoms with E-state index in [2.05, 4.69) is 93.2 Å². The first-order valence-electron chi connectivity index (χ1n) is 14.8. The summed E-state index contributed by atoms with van der Waals surface area (Å²) >= 11 is 0. The second-order valence-corrected chi connectivity index (χ2v) is 35.9. The summed E-state index contributed by atoms with van der Waals surface area (Å²) in [4.78, 5) is 0. The van der Waals surface area contributed by atoms with E-state index < -0.39 is 51.1 Å². The van der Waals surface area contributed by atoms with E-state index in [1.165, 1.54) is 12.5 Å². The second kappa shape index (κ2) is 16.7. The van der Waals surface area contributed by atoms with Gasteiger partial charge >= 0.3 is 26.2 Å². The van der Waals surface area contributed by atoms with Gasteiger partial charge in [-0.15, -0.1) is 0 Å². The number of nitrogens with zero attached hydrogens (tertiary/aromatic N) is 2. The van der Waals surface area contributed by atoms with Gasteiger partial charge < -0.3 is 20.9 Å². The van der Waals surface area contributed by atoms with Crippen LogP contribution in [0.15, 0.2) is 0 Å². The molecule has 0 radical (unpaired) electrons. The van der Waals surface area contributed by atoms with Gasteiger partial charge in [0, 0.05) is 45.9 Å². The van der Waals surface area contributed by atoms with Crippen molar-refractivity contribution in [3.05, 3.63) is 0 Å². The molecule has 39 heavy (non-hydrogen) atoms. The fourth-order valence-electron chi connectivity index (χ4n) is 4.53. The molecule has 1 rings (SSSR count). The quantitative estimate of drug-likeness (QED) is 0.143. The van der Waals surface area contributed by atoms with Crippen molar-refractivity contribution < 1.29 is 29.9 Å². The van der Waals surface area contributed by atoms with E-state index in [0.29, 0.717) is 0 Å². The van der Waals surface area contributed by atoms with E-state index in [4.69, 9.17) is 29.9 Å². The van der Waals surface area contributed by atoms with Crippen molar-refractivity contribution >= 4 is 51.1 Å². The Balaban J connectivity index is 0.000000763. The standard InChI is InChI=1S/C13H37NO4Si4.C11H27NO3Si2/c1-12-14(13-2)15-22(11,17-20(6,7)8)18-21(9,10)16-19(3,4)5;1-6-12(7-2)14-17(5)13-10-8-9-11-16(3,4)15-17/h12-13H2,1-11H3;6-11H2,1-5H3. The smallest absolute Gasteiger partial charge is 0.437 e. The summed E-state index contributed by atoms with van der Waals surface area (Å²) in [5.74, 6) is 0. The summed E-state index contributed by atoms with van der Waals surface area (Å²) < 4.78 is 43.6. The van der Waals surface area contributed by atoms with Gasteiger partial charge in [0.15, 0.2) is 25.0 Å². The maximum atomic E-state index is 6.45.